The molecule has 2 amide bonds. The van der Waals surface area contributed by atoms with Gasteiger partial charge in [-0.05, 0) is 101 Å². The molecule has 71 heavy (non-hydrogen) atoms. The number of esters is 2. The maximum atomic E-state index is 12.9. The highest BCUT2D eigenvalue weighted by molar-refractivity contribution is 9.10. The van der Waals surface area contributed by atoms with Gasteiger partial charge in [0.1, 0.15) is 0 Å². The quantitative estimate of drug-likeness (QED) is 0.148. The van der Waals surface area contributed by atoms with Crippen molar-refractivity contribution < 1.29 is 38.9 Å². The fraction of sp³-hybridized carbons (Fsp3) is 0.385. The van der Waals surface area contributed by atoms with Gasteiger partial charge in [0.05, 0.1) is 48.1 Å². The van der Waals surface area contributed by atoms with E-state index in [9.17, 15) is 29.4 Å². The third kappa shape index (κ3) is 10.3. The minimum absolute atomic E-state index is 0.00550. The van der Waals surface area contributed by atoms with Crippen LogP contribution in [0.3, 0.4) is 0 Å². The van der Waals surface area contributed by atoms with Gasteiger partial charge in [-0.3, -0.25) is 19.0 Å². The molecule has 0 radical (unpaired) electrons. The van der Waals surface area contributed by atoms with E-state index in [1.165, 1.54) is 9.80 Å². The molecule has 2 fully saturated rings. The first kappa shape index (κ1) is 50.1. The zero-order chi connectivity index (χ0) is 50.5. The van der Waals surface area contributed by atoms with Crippen LogP contribution in [0.2, 0.25) is 0 Å². The second-order valence-electron chi connectivity index (χ2n) is 17.6. The van der Waals surface area contributed by atoms with Crippen LogP contribution in [0, 0.1) is 24.2 Å². The van der Waals surface area contributed by atoms with E-state index in [1.807, 2.05) is 87.1 Å². The molecule has 368 valence electrons. The number of aromatic nitrogens is 8. The zero-order valence-corrected chi connectivity index (χ0v) is 41.6. The van der Waals surface area contributed by atoms with E-state index in [4.69, 9.17) is 21.0 Å². The number of carbonyl (C=O) groups excluding carboxylic acids is 4. The minimum atomic E-state index is -1.66. The van der Waals surface area contributed by atoms with Crippen molar-refractivity contribution in [2.45, 2.75) is 88.5 Å². The Kier molecular flexibility index (Phi) is 15.1. The van der Waals surface area contributed by atoms with E-state index >= 15 is 0 Å². The van der Waals surface area contributed by atoms with Crippen molar-refractivity contribution in [1.82, 2.24) is 48.9 Å². The summed E-state index contributed by atoms with van der Waals surface area (Å²) >= 11 is 3.51. The van der Waals surface area contributed by atoms with Crippen molar-refractivity contribution in [3.8, 4) is 35.6 Å². The number of halogens is 1. The zero-order valence-electron chi connectivity index (χ0n) is 40.0. The number of ether oxygens (including phenoxy) is 2. The van der Waals surface area contributed by atoms with Gasteiger partial charge in [-0.1, -0.05) is 45.8 Å². The molecule has 2 aliphatic heterocycles. The van der Waals surface area contributed by atoms with E-state index in [2.05, 4.69) is 49.0 Å². The number of terminal acetylenes is 1. The predicted molar refractivity (Wildman–Crippen MR) is 263 cm³/mol. The Morgan fingerprint density at radius 1 is 0.746 bits per heavy atom. The average Bonchev–Trinajstić information content (AvgIpc) is 4.27. The molecule has 2 unspecified atom stereocenters. The first-order chi connectivity index (χ1) is 34.2. The normalized spacial score (nSPS) is 21.1. The summed E-state index contributed by atoms with van der Waals surface area (Å²) in [6.07, 6.45) is 18.3. The highest BCUT2D eigenvalue weighted by Gasteiger charge is 2.43. The van der Waals surface area contributed by atoms with Crippen molar-refractivity contribution in [2.75, 3.05) is 40.4 Å². The molecular weight excluding hydrogens is 973 g/mol. The number of fused-ring (bicyclic) bond motifs is 2. The molecule has 2 aliphatic carbocycles. The number of aliphatic hydroxyl groups is 2. The minimum Gasteiger partial charge on any atom is -0.461 e. The number of benzene rings is 2. The number of amides is 2. The van der Waals surface area contributed by atoms with Gasteiger partial charge < -0.3 is 29.5 Å². The van der Waals surface area contributed by atoms with Crippen LogP contribution in [-0.2, 0) is 31.9 Å². The van der Waals surface area contributed by atoms with Crippen LogP contribution in [0.15, 0.2) is 89.9 Å². The van der Waals surface area contributed by atoms with Crippen LogP contribution in [0.5, 0.6) is 0 Å². The average molecular weight is 1030 g/mol. The molecule has 0 bridgehead atoms. The van der Waals surface area contributed by atoms with E-state index in [0.29, 0.717) is 43.1 Å². The second-order valence-corrected chi connectivity index (χ2v) is 18.5. The van der Waals surface area contributed by atoms with Gasteiger partial charge in [-0.25, -0.2) is 19.0 Å². The lowest BCUT2D eigenvalue weighted by molar-refractivity contribution is -0.138. The smallest absolute Gasteiger partial charge is 0.359 e. The first-order valence-electron chi connectivity index (χ1n) is 23.6. The third-order valence-corrected chi connectivity index (χ3v) is 13.4. The van der Waals surface area contributed by atoms with E-state index in [-0.39, 0.29) is 42.9 Å². The molecular formula is C52H55BrN10O8. The van der Waals surface area contributed by atoms with Gasteiger partial charge in [0.25, 0.3) is 11.8 Å². The van der Waals surface area contributed by atoms with Gasteiger partial charge in [0, 0.05) is 86.0 Å². The Hall–Kier alpha value is -7.32. The molecule has 2 saturated heterocycles. The number of hydrogen-bond donors (Lipinski definition) is 2. The molecule has 2 N–H and O–H groups in total. The van der Waals surface area contributed by atoms with Gasteiger partial charge in [-0.2, -0.15) is 20.4 Å². The summed E-state index contributed by atoms with van der Waals surface area (Å²) in [4.78, 5) is 51.6. The maximum absolute atomic E-state index is 12.9. The summed E-state index contributed by atoms with van der Waals surface area (Å²) in [5, 5.41) is 38.1. The van der Waals surface area contributed by atoms with Gasteiger partial charge >= 0.3 is 11.9 Å². The topological polar surface area (TPSA) is 205 Å². The standard InChI is InChI=1S/C26H27N5O4.C19H19BrN4O2.C7H9NO2/c1-3-35-24(32)23-22-20(30-15-6-14-27-30)9-5-10-21(22)31(28-23)19-8-4-7-18(17-19)11-12-26(34)13-16-29(2)25(26)33;1-2-26-19(25)18-17-15(23-11-5-10-21-23)8-4-9-16(17)24(22-18)14-7-3-6-13(20)12-14;1-3-7(10)4-5-8(2)6(7)9/h4,6-8,14-15,17,20,34H,3,5,9-10,13,16H2,1-2H3;3,5-7,10-12,15H,2,4,8-9H2,1H3;1,10H,4-5H2,2H3/t20?,26-;;7-/m0.0/s1. The summed E-state index contributed by atoms with van der Waals surface area (Å²) < 4.78 is 19.0. The highest BCUT2D eigenvalue weighted by Crippen LogP contribution is 2.38. The van der Waals surface area contributed by atoms with Crippen LogP contribution in [0.1, 0.15) is 114 Å². The maximum Gasteiger partial charge on any atom is 0.359 e. The number of rotatable bonds is 8. The summed E-state index contributed by atoms with van der Waals surface area (Å²) in [6, 6.07) is 19.0. The fourth-order valence-corrected chi connectivity index (χ4v) is 9.76. The van der Waals surface area contributed by atoms with E-state index < -0.39 is 17.2 Å². The highest BCUT2D eigenvalue weighted by atomic mass is 79.9. The molecule has 6 heterocycles. The SMILES string of the molecule is C#C[C@]1(O)CCN(C)C1=O.CCOC(=O)c1nn(-c2cccc(Br)c2)c2c1C(n1cccn1)CCC2.CCOC(=O)c1nn(-c2cccc(C#C[C@]3(O)CCN(C)C3=O)c2)c2c1C(n1cccn1)CCC2. The molecule has 10 rings (SSSR count). The van der Waals surface area contributed by atoms with Crippen LogP contribution < -0.4 is 0 Å². The van der Waals surface area contributed by atoms with Crippen LogP contribution in [0.25, 0.3) is 11.4 Å². The van der Waals surface area contributed by atoms with E-state index in [1.54, 1.807) is 45.0 Å². The lowest BCUT2D eigenvalue weighted by Gasteiger charge is -2.24. The van der Waals surface area contributed by atoms with Gasteiger partial charge in [-0.15, -0.1) is 6.42 Å². The number of nitrogens with zero attached hydrogens (tertiary/aromatic N) is 10. The number of carbonyl (C=O) groups is 4. The lowest BCUT2D eigenvalue weighted by Crippen LogP contribution is -2.37. The molecule has 0 spiro atoms. The molecule has 4 aromatic heterocycles. The third-order valence-electron chi connectivity index (χ3n) is 12.9. The predicted octanol–water partition coefficient (Wildman–Crippen LogP) is 5.26. The lowest BCUT2D eigenvalue weighted by atomic mass is 9.90. The molecule has 2 aromatic carbocycles. The van der Waals surface area contributed by atoms with Crippen LogP contribution in [0.4, 0.5) is 0 Å². The summed E-state index contributed by atoms with van der Waals surface area (Å²) in [5.74, 6) is 6.22. The molecule has 19 heteroatoms. The fourth-order valence-electron chi connectivity index (χ4n) is 9.37. The molecule has 4 atom stereocenters. The Morgan fingerprint density at radius 2 is 1.24 bits per heavy atom. The number of hydrogen-bond acceptors (Lipinski definition) is 12. The van der Waals surface area contributed by atoms with Crippen LogP contribution >= 0.6 is 15.9 Å². The summed E-state index contributed by atoms with van der Waals surface area (Å²) in [7, 11) is 3.28. The monoisotopic (exact) mass is 1030 g/mol. The molecule has 0 saturated carbocycles. The summed E-state index contributed by atoms with van der Waals surface area (Å²) in [6.45, 7) is 5.17. The van der Waals surface area contributed by atoms with E-state index in [0.717, 1.165) is 76.9 Å². The first-order valence-corrected chi connectivity index (χ1v) is 24.4. The molecule has 4 aliphatic rings. The largest absolute Gasteiger partial charge is 0.461 e. The second kappa shape index (κ2) is 21.4. The Labute approximate surface area is 419 Å². The van der Waals surface area contributed by atoms with Crippen molar-refractivity contribution in [3.63, 3.8) is 0 Å². The van der Waals surface area contributed by atoms with Gasteiger partial charge in [0.15, 0.2) is 11.4 Å². The Bertz CT molecular complexity index is 3040. The summed E-state index contributed by atoms with van der Waals surface area (Å²) in [5.41, 5.74) is 3.57. The molecule has 6 aromatic rings. The number of likely N-dealkylation sites (N-methyl/N-ethyl adjacent to an activating group) is 2. The van der Waals surface area contributed by atoms with Gasteiger partial charge in [0.2, 0.25) is 11.2 Å². The Morgan fingerprint density at radius 3 is 1.66 bits per heavy atom. The number of likely N-dealkylation sites (tertiary alicyclic amines) is 2. The van der Waals surface area contributed by atoms with Crippen molar-refractivity contribution in [2.24, 2.45) is 0 Å². The van der Waals surface area contributed by atoms with Crippen LogP contribution in [-0.4, -0.2) is 134 Å². The van der Waals surface area contributed by atoms with Crippen molar-refractivity contribution in [1.29, 1.82) is 0 Å². The Balaban J connectivity index is 0.000000164. The van der Waals surface area contributed by atoms with Crippen molar-refractivity contribution >= 4 is 39.7 Å². The molecule has 18 nitrogen and oxygen atoms in total. The van der Waals surface area contributed by atoms with Crippen molar-refractivity contribution in [3.05, 3.63) is 129 Å².